The van der Waals surface area contributed by atoms with Gasteiger partial charge in [-0.15, -0.1) is 0 Å². The maximum absolute atomic E-state index is 11.9. The van der Waals surface area contributed by atoms with Crippen molar-refractivity contribution in [2.75, 3.05) is 20.7 Å². The molecule has 0 bridgehead atoms. The molecule has 11 heteroatoms. The van der Waals surface area contributed by atoms with Gasteiger partial charge >= 0.3 is 6.09 Å². The molecule has 0 fully saturated rings. The Bertz CT molecular complexity index is 1100. The van der Waals surface area contributed by atoms with Gasteiger partial charge in [-0.25, -0.2) is 9.78 Å². The number of aromatic nitrogens is 2. The third-order valence-corrected chi connectivity index (χ3v) is 4.18. The SMILES string of the molecule is CC(C)(C)OC(=O)Nc1ccc(Nc2ccnc(Nc3cccc(NS(=O)[O-])c3)n2)cc1. The summed E-state index contributed by atoms with van der Waals surface area (Å²) in [6.07, 6.45) is 1.07. The molecule has 32 heavy (non-hydrogen) atoms. The predicted molar refractivity (Wildman–Crippen MR) is 124 cm³/mol. The number of hydrogen-bond acceptors (Lipinski definition) is 8. The van der Waals surface area contributed by atoms with Crippen molar-refractivity contribution in [1.82, 2.24) is 9.97 Å². The van der Waals surface area contributed by atoms with Gasteiger partial charge in [0, 0.05) is 40.2 Å². The third-order valence-electron chi connectivity index (χ3n) is 3.78. The van der Waals surface area contributed by atoms with E-state index in [0.29, 0.717) is 28.8 Å². The molecule has 3 aromatic rings. The second kappa shape index (κ2) is 10.1. The van der Waals surface area contributed by atoms with Crippen LogP contribution in [0.25, 0.3) is 0 Å². The average Bonchev–Trinajstić information content (AvgIpc) is 2.68. The lowest BCUT2D eigenvalue weighted by Crippen LogP contribution is -2.27. The number of ether oxygens (including phenoxy) is 1. The lowest BCUT2D eigenvalue weighted by molar-refractivity contribution is 0.0636. The molecule has 0 radical (unpaired) electrons. The van der Waals surface area contributed by atoms with E-state index in [-0.39, 0.29) is 0 Å². The van der Waals surface area contributed by atoms with Crippen molar-refractivity contribution < 1.29 is 18.3 Å². The van der Waals surface area contributed by atoms with Gasteiger partial charge in [-0.3, -0.25) is 9.53 Å². The summed E-state index contributed by atoms with van der Waals surface area (Å²) < 4.78 is 29.1. The van der Waals surface area contributed by atoms with E-state index in [4.69, 9.17) is 4.74 Å². The zero-order valence-corrected chi connectivity index (χ0v) is 18.5. The minimum atomic E-state index is -2.41. The van der Waals surface area contributed by atoms with Crippen LogP contribution in [0, 0.1) is 0 Å². The van der Waals surface area contributed by atoms with Gasteiger partial charge in [-0.2, -0.15) is 4.98 Å². The molecule has 1 amide bonds. The van der Waals surface area contributed by atoms with Crippen molar-refractivity contribution in [1.29, 1.82) is 0 Å². The Hall–Kier alpha value is -3.70. The predicted octanol–water partition coefficient (Wildman–Crippen LogP) is 4.52. The summed E-state index contributed by atoms with van der Waals surface area (Å²) in [5.74, 6) is 0.879. The summed E-state index contributed by atoms with van der Waals surface area (Å²) in [6.45, 7) is 5.40. The van der Waals surface area contributed by atoms with Crippen molar-refractivity contribution in [2.24, 2.45) is 0 Å². The lowest BCUT2D eigenvalue weighted by Gasteiger charge is -2.19. The highest BCUT2D eigenvalue weighted by Gasteiger charge is 2.16. The second-order valence-electron chi connectivity index (χ2n) is 7.64. The Morgan fingerprint density at radius 1 is 0.969 bits per heavy atom. The Balaban J connectivity index is 1.62. The molecule has 0 saturated carbocycles. The maximum Gasteiger partial charge on any atom is 0.412 e. The largest absolute Gasteiger partial charge is 0.755 e. The minimum Gasteiger partial charge on any atom is -0.755 e. The molecule has 1 aromatic heterocycles. The van der Waals surface area contributed by atoms with Crippen LogP contribution in [0.3, 0.4) is 0 Å². The van der Waals surface area contributed by atoms with E-state index >= 15 is 0 Å². The van der Waals surface area contributed by atoms with E-state index in [0.717, 1.165) is 5.69 Å². The van der Waals surface area contributed by atoms with E-state index in [1.165, 1.54) is 0 Å². The fourth-order valence-electron chi connectivity index (χ4n) is 2.58. The van der Waals surface area contributed by atoms with Gasteiger partial charge in [-0.05, 0) is 69.3 Å². The van der Waals surface area contributed by atoms with Crippen LogP contribution in [-0.2, 0) is 16.0 Å². The molecule has 4 N–H and O–H groups in total. The molecule has 10 nitrogen and oxygen atoms in total. The second-order valence-corrected chi connectivity index (χ2v) is 8.31. The molecule has 1 unspecified atom stereocenters. The first-order valence-electron chi connectivity index (χ1n) is 9.59. The monoisotopic (exact) mass is 455 g/mol. The van der Waals surface area contributed by atoms with Gasteiger partial charge < -0.3 is 24.6 Å². The molecule has 0 aliphatic carbocycles. The van der Waals surface area contributed by atoms with Crippen LogP contribution in [0.2, 0.25) is 0 Å². The third kappa shape index (κ3) is 7.52. The number of benzene rings is 2. The molecule has 0 saturated heterocycles. The van der Waals surface area contributed by atoms with Crippen LogP contribution in [0.1, 0.15) is 20.8 Å². The molecular weight excluding hydrogens is 432 g/mol. The summed E-state index contributed by atoms with van der Waals surface area (Å²) in [5.41, 5.74) is 1.82. The Kier molecular flexibility index (Phi) is 7.23. The smallest absolute Gasteiger partial charge is 0.412 e. The zero-order chi connectivity index (χ0) is 23.1. The molecule has 3 rings (SSSR count). The normalized spacial score (nSPS) is 11.9. The molecule has 1 atom stereocenters. The summed E-state index contributed by atoms with van der Waals surface area (Å²) in [4.78, 5) is 20.4. The van der Waals surface area contributed by atoms with Crippen molar-refractivity contribution in [3.8, 4) is 0 Å². The highest BCUT2D eigenvalue weighted by atomic mass is 32.2. The number of carbonyl (C=O) groups excluding carboxylic acids is 1. The fourth-order valence-corrected chi connectivity index (χ4v) is 2.90. The molecule has 0 aliphatic heterocycles. The highest BCUT2D eigenvalue weighted by Crippen LogP contribution is 2.21. The van der Waals surface area contributed by atoms with E-state index in [1.807, 2.05) is 0 Å². The molecular formula is C21H23N6O4S-. The van der Waals surface area contributed by atoms with Gasteiger partial charge in [0.05, 0.1) is 0 Å². The number of anilines is 6. The Morgan fingerprint density at radius 2 is 1.66 bits per heavy atom. The number of carbonyl (C=O) groups is 1. The Morgan fingerprint density at radius 3 is 2.34 bits per heavy atom. The van der Waals surface area contributed by atoms with Gasteiger partial charge in [-0.1, -0.05) is 6.07 Å². The first-order valence-corrected chi connectivity index (χ1v) is 10.7. The fraction of sp³-hybridized carbons (Fsp3) is 0.190. The number of rotatable bonds is 7. The van der Waals surface area contributed by atoms with Gasteiger partial charge in [0.25, 0.3) is 0 Å². The summed E-state index contributed by atoms with van der Waals surface area (Å²) >= 11 is -2.41. The van der Waals surface area contributed by atoms with Crippen LogP contribution in [0.15, 0.2) is 60.8 Å². The zero-order valence-electron chi connectivity index (χ0n) is 17.7. The van der Waals surface area contributed by atoms with Crippen molar-refractivity contribution in [3.05, 3.63) is 60.8 Å². The van der Waals surface area contributed by atoms with E-state index in [9.17, 15) is 13.6 Å². The highest BCUT2D eigenvalue weighted by molar-refractivity contribution is 7.80. The standard InChI is InChI=1S/C21H24N6O4S/c1-21(2,3)31-20(28)25-15-9-7-14(8-10-15)23-18-11-12-22-19(26-18)24-16-5-4-6-17(13-16)27-32(29)30/h4-13,27H,1-3H3,(H,25,28)(H,29,30)(H2,22,23,24,26)/p-1. The molecule has 0 spiro atoms. The van der Waals surface area contributed by atoms with Crippen LogP contribution in [-0.4, -0.2) is 30.4 Å². The topological polar surface area (TPSA) is 140 Å². The maximum atomic E-state index is 11.9. The van der Waals surface area contributed by atoms with Crippen LogP contribution >= 0.6 is 0 Å². The summed E-state index contributed by atoms with van der Waals surface area (Å²) in [6, 6.07) is 15.5. The number of amides is 1. The number of nitrogens with one attached hydrogen (secondary N) is 4. The Labute approximate surface area is 188 Å². The molecule has 0 aliphatic rings. The number of hydrogen-bond donors (Lipinski definition) is 4. The summed E-state index contributed by atoms with van der Waals surface area (Å²) in [7, 11) is 0. The van der Waals surface area contributed by atoms with E-state index in [2.05, 4.69) is 30.6 Å². The van der Waals surface area contributed by atoms with Crippen molar-refractivity contribution in [2.45, 2.75) is 26.4 Å². The first kappa shape index (κ1) is 23.0. The van der Waals surface area contributed by atoms with Crippen molar-refractivity contribution >= 4 is 51.9 Å². The van der Waals surface area contributed by atoms with E-state index in [1.54, 1.807) is 81.6 Å². The molecule has 2 aromatic carbocycles. The molecule has 168 valence electrons. The number of nitrogens with zero attached hydrogens (tertiary/aromatic N) is 2. The van der Waals surface area contributed by atoms with Gasteiger partial charge in [0.15, 0.2) is 0 Å². The van der Waals surface area contributed by atoms with E-state index < -0.39 is 23.0 Å². The molecule has 1 heterocycles. The average molecular weight is 456 g/mol. The minimum absolute atomic E-state index is 0.332. The van der Waals surface area contributed by atoms with Crippen molar-refractivity contribution in [3.63, 3.8) is 0 Å². The van der Waals surface area contributed by atoms with Crippen LogP contribution < -0.4 is 20.7 Å². The lowest BCUT2D eigenvalue weighted by atomic mass is 10.2. The summed E-state index contributed by atoms with van der Waals surface area (Å²) in [5, 5.41) is 8.86. The van der Waals surface area contributed by atoms with Crippen LogP contribution in [0.4, 0.5) is 39.3 Å². The quantitative estimate of drug-likeness (QED) is 0.381. The van der Waals surface area contributed by atoms with Crippen LogP contribution in [0.5, 0.6) is 0 Å². The van der Waals surface area contributed by atoms with Gasteiger partial charge in [0.1, 0.15) is 11.4 Å². The van der Waals surface area contributed by atoms with Gasteiger partial charge in [0.2, 0.25) is 5.95 Å². The first-order chi connectivity index (χ1) is 15.2.